The third-order valence-corrected chi connectivity index (χ3v) is 2.42. The fourth-order valence-corrected chi connectivity index (χ4v) is 1.55. The molecule has 0 saturated carbocycles. The van der Waals surface area contributed by atoms with Gasteiger partial charge in [-0.3, -0.25) is 5.10 Å². The standard InChI is InChI=1S/C10H8Cl2N2/c11-6-9-5-10(14-13-9)7-2-1-3-8(12)4-7/h1-5H,6H2,(H,13,14). The summed E-state index contributed by atoms with van der Waals surface area (Å²) >= 11 is 11.5. The predicted molar refractivity (Wildman–Crippen MR) is 58.6 cm³/mol. The number of nitrogens with zero attached hydrogens (tertiary/aromatic N) is 1. The highest BCUT2D eigenvalue weighted by atomic mass is 35.5. The maximum absolute atomic E-state index is 5.87. The van der Waals surface area contributed by atoms with Gasteiger partial charge >= 0.3 is 0 Å². The van der Waals surface area contributed by atoms with Crippen molar-refractivity contribution in [2.75, 3.05) is 0 Å². The average Bonchev–Trinajstić information content (AvgIpc) is 2.66. The van der Waals surface area contributed by atoms with Crippen molar-refractivity contribution in [2.45, 2.75) is 5.88 Å². The van der Waals surface area contributed by atoms with E-state index < -0.39 is 0 Å². The van der Waals surface area contributed by atoms with Crippen molar-refractivity contribution < 1.29 is 0 Å². The summed E-state index contributed by atoms with van der Waals surface area (Å²) in [4.78, 5) is 0. The first-order chi connectivity index (χ1) is 6.79. The average molecular weight is 227 g/mol. The van der Waals surface area contributed by atoms with Gasteiger partial charge in [0.2, 0.25) is 0 Å². The highest BCUT2D eigenvalue weighted by Crippen LogP contribution is 2.21. The molecule has 2 rings (SSSR count). The first-order valence-electron chi connectivity index (χ1n) is 4.16. The summed E-state index contributed by atoms with van der Waals surface area (Å²) in [6.45, 7) is 0. The van der Waals surface area contributed by atoms with Crippen molar-refractivity contribution >= 4 is 23.2 Å². The first-order valence-corrected chi connectivity index (χ1v) is 5.07. The third kappa shape index (κ3) is 1.91. The molecule has 1 aromatic heterocycles. The van der Waals surface area contributed by atoms with Crippen molar-refractivity contribution in [1.82, 2.24) is 10.2 Å². The first kappa shape index (κ1) is 9.56. The van der Waals surface area contributed by atoms with Crippen LogP contribution in [0.1, 0.15) is 5.69 Å². The number of nitrogens with one attached hydrogen (secondary N) is 1. The highest BCUT2D eigenvalue weighted by molar-refractivity contribution is 6.30. The molecule has 0 saturated heterocycles. The van der Waals surface area contributed by atoms with Gasteiger partial charge in [0.25, 0.3) is 0 Å². The smallest absolute Gasteiger partial charge is 0.0924 e. The Bertz CT molecular complexity index is 437. The van der Waals surface area contributed by atoms with E-state index in [1.54, 1.807) is 0 Å². The molecule has 72 valence electrons. The van der Waals surface area contributed by atoms with Gasteiger partial charge in [0.05, 0.1) is 17.3 Å². The molecule has 0 aliphatic heterocycles. The lowest BCUT2D eigenvalue weighted by Crippen LogP contribution is -1.76. The zero-order valence-corrected chi connectivity index (χ0v) is 8.81. The van der Waals surface area contributed by atoms with Gasteiger partial charge in [0.1, 0.15) is 0 Å². The molecule has 2 nitrogen and oxygen atoms in total. The molecule has 0 fully saturated rings. The Balaban J connectivity index is 2.39. The van der Waals surface area contributed by atoms with E-state index in [0.29, 0.717) is 10.9 Å². The second-order valence-corrected chi connectivity index (χ2v) is 3.63. The van der Waals surface area contributed by atoms with E-state index in [2.05, 4.69) is 10.2 Å². The van der Waals surface area contributed by atoms with Gasteiger partial charge in [-0.15, -0.1) is 11.6 Å². The maximum atomic E-state index is 5.87. The fraction of sp³-hybridized carbons (Fsp3) is 0.100. The van der Waals surface area contributed by atoms with Crippen LogP contribution in [0, 0.1) is 0 Å². The minimum Gasteiger partial charge on any atom is -0.281 e. The summed E-state index contributed by atoms with van der Waals surface area (Å²) in [6, 6.07) is 9.47. The van der Waals surface area contributed by atoms with Crippen LogP contribution in [0.4, 0.5) is 0 Å². The van der Waals surface area contributed by atoms with E-state index in [-0.39, 0.29) is 0 Å². The molecule has 0 aliphatic carbocycles. The Morgan fingerprint density at radius 3 is 2.79 bits per heavy atom. The lowest BCUT2D eigenvalue weighted by atomic mass is 10.1. The number of alkyl halides is 1. The van der Waals surface area contributed by atoms with E-state index in [0.717, 1.165) is 17.0 Å². The summed E-state index contributed by atoms with van der Waals surface area (Å²) in [6.07, 6.45) is 0. The SMILES string of the molecule is ClCc1cc(-c2cccc(Cl)c2)n[nH]1. The molecule has 1 aromatic carbocycles. The zero-order valence-electron chi connectivity index (χ0n) is 7.30. The molecular formula is C10H8Cl2N2. The van der Waals surface area contributed by atoms with Crippen molar-refractivity contribution in [3.63, 3.8) is 0 Å². The highest BCUT2D eigenvalue weighted by Gasteiger charge is 2.02. The van der Waals surface area contributed by atoms with E-state index in [9.17, 15) is 0 Å². The molecule has 1 heterocycles. The minimum atomic E-state index is 0.438. The molecule has 0 atom stereocenters. The fourth-order valence-electron chi connectivity index (χ4n) is 1.23. The Morgan fingerprint density at radius 2 is 2.14 bits per heavy atom. The van der Waals surface area contributed by atoms with Crippen LogP contribution in [0.2, 0.25) is 5.02 Å². The lowest BCUT2D eigenvalue weighted by Gasteiger charge is -1.95. The number of halogens is 2. The molecule has 2 aromatic rings. The Hall–Kier alpha value is -0.990. The molecule has 0 radical (unpaired) electrons. The van der Waals surface area contributed by atoms with E-state index in [1.807, 2.05) is 30.3 Å². The van der Waals surface area contributed by atoms with Crippen LogP contribution in [0.15, 0.2) is 30.3 Å². The molecule has 14 heavy (non-hydrogen) atoms. The van der Waals surface area contributed by atoms with Crippen molar-refractivity contribution in [3.05, 3.63) is 41.0 Å². The third-order valence-electron chi connectivity index (χ3n) is 1.90. The molecular weight excluding hydrogens is 219 g/mol. The van der Waals surface area contributed by atoms with E-state index in [1.165, 1.54) is 0 Å². The van der Waals surface area contributed by atoms with Gasteiger partial charge in [-0.25, -0.2) is 0 Å². The monoisotopic (exact) mass is 226 g/mol. The summed E-state index contributed by atoms with van der Waals surface area (Å²) in [7, 11) is 0. The zero-order chi connectivity index (χ0) is 9.97. The maximum Gasteiger partial charge on any atom is 0.0924 e. The molecule has 4 heteroatoms. The van der Waals surface area contributed by atoms with Gasteiger partial charge < -0.3 is 0 Å². The molecule has 0 amide bonds. The summed E-state index contributed by atoms with van der Waals surface area (Å²) < 4.78 is 0. The Kier molecular flexibility index (Phi) is 2.75. The lowest BCUT2D eigenvalue weighted by molar-refractivity contribution is 1.04. The van der Waals surface area contributed by atoms with E-state index in [4.69, 9.17) is 23.2 Å². The summed E-state index contributed by atoms with van der Waals surface area (Å²) in [5, 5.41) is 7.69. The minimum absolute atomic E-state index is 0.438. The Morgan fingerprint density at radius 1 is 1.29 bits per heavy atom. The largest absolute Gasteiger partial charge is 0.281 e. The quantitative estimate of drug-likeness (QED) is 0.781. The van der Waals surface area contributed by atoms with E-state index >= 15 is 0 Å². The topological polar surface area (TPSA) is 28.7 Å². The normalized spacial score (nSPS) is 10.4. The number of H-pyrrole nitrogens is 1. The molecule has 0 spiro atoms. The number of benzene rings is 1. The summed E-state index contributed by atoms with van der Waals surface area (Å²) in [5.41, 5.74) is 2.76. The van der Waals surface area contributed by atoms with Crippen LogP contribution in [0.3, 0.4) is 0 Å². The van der Waals surface area contributed by atoms with Gasteiger partial charge in [-0.05, 0) is 18.2 Å². The van der Waals surface area contributed by atoms with Crippen LogP contribution >= 0.6 is 23.2 Å². The number of hydrogen-bond acceptors (Lipinski definition) is 1. The van der Waals surface area contributed by atoms with Gasteiger partial charge in [-0.1, -0.05) is 23.7 Å². The summed E-state index contributed by atoms with van der Waals surface area (Å²) in [5.74, 6) is 0.438. The van der Waals surface area contributed by atoms with Gasteiger partial charge in [0, 0.05) is 10.6 Å². The second kappa shape index (κ2) is 4.03. The molecule has 1 N–H and O–H groups in total. The van der Waals surface area contributed by atoms with Crippen LogP contribution in [-0.2, 0) is 5.88 Å². The molecule has 0 unspecified atom stereocenters. The second-order valence-electron chi connectivity index (χ2n) is 2.92. The number of rotatable bonds is 2. The van der Waals surface area contributed by atoms with Crippen LogP contribution < -0.4 is 0 Å². The van der Waals surface area contributed by atoms with Gasteiger partial charge in [0.15, 0.2) is 0 Å². The molecule has 0 aliphatic rings. The van der Waals surface area contributed by atoms with Gasteiger partial charge in [-0.2, -0.15) is 5.10 Å². The van der Waals surface area contributed by atoms with Crippen molar-refractivity contribution in [3.8, 4) is 11.3 Å². The van der Waals surface area contributed by atoms with Crippen LogP contribution in [-0.4, -0.2) is 10.2 Å². The molecule has 0 bridgehead atoms. The number of hydrogen-bond donors (Lipinski definition) is 1. The van der Waals surface area contributed by atoms with Crippen molar-refractivity contribution in [1.29, 1.82) is 0 Å². The Labute approximate surface area is 91.9 Å². The number of aromatic amines is 1. The van der Waals surface area contributed by atoms with Crippen LogP contribution in [0.25, 0.3) is 11.3 Å². The predicted octanol–water partition coefficient (Wildman–Crippen LogP) is 3.47. The van der Waals surface area contributed by atoms with Crippen LogP contribution in [0.5, 0.6) is 0 Å². The number of aromatic nitrogens is 2. The van der Waals surface area contributed by atoms with Crippen molar-refractivity contribution in [2.24, 2.45) is 0 Å².